The van der Waals surface area contributed by atoms with Gasteiger partial charge in [0.1, 0.15) is 11.9 Å². The molecule has 2 fully saturated rings. The molecule has 1 unspecified atom stereocenters. The van der Waals surface area contributed by atoms with E-state index in [2.05, 4.69) is 10.6 Å². The molecule has 128 valence electrons. The molecule has 1 aliphatic carbocycles. The summed E-state index contributed by atoms with van der Waals surface area (Å²) in [6.07, 6.45) is 4.92. The molecule has 0 spiro atoms. The van der Waals surface area contributed by atoms with Gasteiger partial charge in [0.2, 0.25) is 5.91 Å². The predicted octanol–water partition coefficient (Wildman–Crippen LogP) is 1.83. The van der Waals surface area contributed by atoms with Crippen molar-refractivity contribution in [3.8, 4) is 0 Å². The maximum Gasteiger partial charge on any atom is 0.322 e. The van der Waals surface area contributed by atoms with Crippen LogP contribution in [0.15, 0.2) is 18.2 Å². The van der Waals surface area contributed by atoms with Gasteiger partial charge in [0.15, 0.2) is 0 Å². The van der Waals surface area contributed by atoms with Crippen LogP contribution in [0, 0.1) is 5.82 Å². The Balaban J connectivity index is 0.000000508. The van der Waals surface area contributed by atoms with Crippen LogP contribution in [0.1, 0.15) is 43.2 Å². The lowest BCUT2D eigenvalue weighted by molar-refractivity contribution is -0.132. The molecule has 6 nitrogen and oxygen atoms in total. The molecule has 1 aromatic carbocycles. The molecular weight excluding hydrogens is 313 g/mol. The molecule has 2 heterocycles. The molecular formula is C17H20FN3O3. The summed E-state index contributed by atoms with van der Waals surface area (Å²) in [5.74, 6) is -0.825. The number of carbonyl (C=O) groups excluding carboxylic acids is 3. The van der Waals surface area contributed by atoms with Gasteiger partial charge in [-0.1, -0.05) is 25.3 Å². The summed E-state index contributed by atoms with van der Waals surface area (Å²) < 4.78 is 13.1. The largest absolute Gasteiger partial charge is 0.334 e. The zero-order valence-corrected chi connectivity index (χ0v) is 13.3. The Hall–Kier alpha value is -2.44. The SMILES string of the molecule is C1CC1.O=C1NC(=O)C(CCC(=O)N2Cc3ccc(F)cc3C2)N1. The Morgan fingerprint density at radius 1 is 1.17 bits per heavy atom. The lowest BCUT2D eigenvalue weighted by atomic mass is 10.1. The van der Waals surface area contributed by atoms with Crippen LogP contribution in [0.4, 0.5) is 9.18 Å². The second-order valence-electron chi connectivity index (χ2n) is 6.28. The van der Waals surface area contributed by atoms with Crippen molar-refractivity contribution >= 4 is 17.8 Å². The van der Waals surface area contributed by atoms with Gasteiger partial charge in [-0.3, -0.25) is 14.9 Å². The number of rotatable bonds is 3. The molecule has 7 heteroatoms. The van der Waals surface area contributed by atoms with E-state index in [0.29, 0.717) is 13.1 Å². The van der Waals surface area contributed by atoms with E-state index in [1.54, 1.807) is 11.0 Å². The van der Waals surface area contributed by atoms with Crippen molar-refractivity contribution in [1.29, 1.82) is 0 Å². The lowest BCUT2D eigenvalue weighted by Crippen LogP contribution is -2.32. The number of nitrogens with one attached hydrogen (secondary N) is 2. The van der Waals surface area contributed by atoms with E-state index in [-0.39, 0.29) is 24.6 Å². The van der Waals surface area contributed by atoms with Crippen LogP contribution in [0.2, 0.25) is 0 Å². The number of amides is 4. The molecule has 1 saturated carbocycles. The number of nitrogens with zero attached hydrogens (tertiary/aromatic N) is 1. The van der Waals surface area contributed by atoms with Crippen molar-refractivity contribution < 1.29 is 18.8 Å². The summed E-state index contributed by atoms with van der Waals surface area (Å²) in [5, 5.41) is 4.58. The molecule has 4 amide bonds. The number of imide groups is 1. The number of hydrogen-bond donors (Lipinski definition) is 2. The Morgan fingerprint density at radius 2 is 1.88 bits per heavy atom. The van der Waals surface area contributed by atoms with E-state index in [9.17, 15) is 18.8 Å². The highest BCUT2D eigenvalue weighted by molar-refractivity contribution is 6.04. The smallest absolute Gasteiger partial charge is 0.322 e. The van der Waals surface area contributed by atoms with Gasteiger partial charge >= 0.3 is 6.03 Å². The van der Waals surface area contributed by atoms with Gasteiger partial charge in [-0.2, -0.15) is 0 Å². The normalized spacial score (nSPS) is 20.7. The molecule has 0 aromatic heterocycles. The molecule has 24 heavy (non-hydrogen) atoms. The molecule has 1 saturated heterocycles. The van der Waals surface area contributed by atoms with Gasteiger partial charge in [0.25, 0.3) is 5.91 Å². The molecule has 2 N–H and O–H groups in total. The molecule has 3 aliphatic rings. The first-order valence-electron chi connectivity index (χ1n) is 8.19. The minimum Gasteiger partial charge on any atom is -0.334 e. The Kier molecular flexibility index (Phi) is 4.78. The number of urea groups is 1. The molecule has 1 aromatic rings. The number of benzene rings is 1. The third-order valence-corrected chi connectivity index (χ3v) is 4.10. The fourth-order valence-corrected chi connectivity index (χ4v) is 2.63. The molecule has 0 radical (unpaired) electrons. The van der Waals surface area contributed by atoms with Crippen LogP contribution in [0.5, 0.6) is 0 Å². The zero-order chi connectivity index (χ0) is 17.1. The van der Waals surface area contributed by atoms with Crippen molar-refractivity contribution in [1.82, 2.24) is 15.5 Å². The van der Waals surface area contributed by atoms with E-state index < -0.39 is 18.0 Å². The zero-order valence-electron chi connectivity index (χ0n) is 13.3. The summed E-state index contributed by atoms with van der Waals surface area (Å²) >= 11 is 0. The van der Waals surface area contributed by atoms with Crippen molar-refractivity contribution in [3.63, 3.8) is 0 Å². The first-order chi connectivity index (χ1) is 11.5. The second-order valence-corrected chi connectivity index (χ2v) is 6.28. The summed E-state index contributed by atoms with van der Waals surface area (Å²) in [6.45, 7) is 0.840. The average molecular weight is 333 g/mol. The standard InChI is InChI=1S/C14H14FN3O3.C3H6/c15-10-2-1-8-6-18(7-9(8)5-10)12(19)4-3-11-13(20)17-14(21)16-11;1-2-3-1/h1-2,5,11H,3-4,6-7H2,(H2,16,17,20,21);1-3H2. The van der Waals surface area contributed by atoms with Crippen molar-refractivity contribution in [2.24, 2.45) is 0 Å². The van der Waals surface area contributed by atoms with Crippen LogP contribution in [0.25, 0.3) is 0 Å². The molecule has 1 atom stereocenters. The van der Waals surface area contributed by atoms with Crippen LogP contribution in [-0.2, 0) is 22.7 Å². The van der Waals surface area contributed by atoms with Gasteiger partial charge in [-0.05, 0) is 29.7 Å². The van der Waals surface area contributed by atoms with E-state index in [4.69, 9.17) is 0 Å². The highest BCUT2D eigenvalue weighted by Gasteiger charge is 2.31. The van der Waals surface area contributed by atoms with Crippen molar-refractivity contribution in [2.75, 3.05) is 0 Å². The fourth-order valence-electron chi connectivity index (χ4n) is 2.63. The van der Waals surface area contributed by atoms with Crippen LogP contribution in [-0.4, -0.2) is 28.8 Å². The molecule has 2 aliphatic heterocycles. The third kappa shape index (κ3) is 4.10. The first-order valence-corrected chi connectivity index (χ1v) is 8.19. The average Bonchev–Trinajstić information content (AvgIpc) is 3.31. The number of carbonyl (C=O) groups is 3. The third-order valence-electron chi connectivity index (χ3n) is 4.10. The van der Waals surface area contributed by atoms with E-state index in [0.717, 1.165) is 11.1 Å². The van der Waals surface area contributed by atoms with Crippen molar-refractivity contribution in [2.45, 2.75) is 51.2 Å². The number of fused-ring (bicyclic) bond motifs is 1. The van der Waals surface area contributed by atoms with E-state index >= 15 is 0 Å². The predicted molar refractivity (Wildman–Crippen MR) is 84.2 cm³/mol. The molecule has 0 bridgehead atoms. The van der Waals surface area contributed by atoms with Crippen LogP contribution < -0.4 is 10.6 Å². The summed E-state index contributed by atoms with van der Waals surface area (Å²) in [5.41, 5.74) is 1.76. The maximum absolute atomic E-state index is 13.1. The highest BCUT2D eigenvalue weighted by Crippen LogP contribution is 2.24. The lowest BCUT2D eigenvalue weighted by Gasteiger charge is -2.16. The second kappa shape index (κ2) is 6.98. The van der Waals surface area contributed by atoms with Crippen LogP contribution >= 0.6 is 0 Å². The van der Waals surface area contributed by atoms with Gasteiger partial charge in [0, 0.05) is 19.5 Å². The molecule has 4 rings (SSSR count). The fraction of sp³-hybridized carbons (Fsp3) is 0.471. The summed E-state index contributed by atoms with van der Waals surface area (Å²) in [6, 6.07) is 3.33. The monoisotopic (exact) mass is 333 g/mol. The minimum absolute atomic E-state index is 0.111. The summed E-state index contributed by atoms with van der Waals surface area (Å²) in [4.78, 5) is 36.1. The number of halogens is 1. The topological polar surface area (TPSA) is 78.5 Å². The van der Waals surface area contributed by atoms with Gasteiger partial charge < -0.3 is 10.2 Å². The van der Waals surface area contributed by atoms with Gasteiger partial charge in [-0.25, -0.2) is 9.18 Å². The van der Waals surface area contributed by atoms with E-state index in [1.807, 2.05) is 0 Å². The quantitative estimate of drug-likeness (QED) is 0.828. The Morgan fingerprint density at radius 3 is 2.50 bits per heavy atom. The minimum atomic E-state index is -0.649. The Labute approximate surface area is 139 Å². The number of hydrogen-bond acceptors (Lipinski definition) is 3. The van der Waals surface area contributed by atoms with Gasteiger partial charge in [0.05, 0.1) is 0 Å². The van der Waals surface area contributed by atoms with E-state index in [1.165, 1.54) is 31.4 Å². The Bertz CT molecular complexity index is 672. The van der Waals surface area contributed by atoms with Crippen LogP contribution in [0.3, 0.4) is 0 Å². The van der Waals surface area contributed by atoms with Gasteiger partial charge in [-0.15, -0.1) is 0 Å². The van der Waals surface area contributed by atoms with Crippen molar-refractivity contribution in [3.05, 3.63) is 35.1 Å². The maximum atomic E-state index is 13.1. The summed E-state index contributed by atoms with van der Waals surface area (Å²) in [7, 11) is 0. The highest BCUT2D eigenvalue weighted by atomic mass is 19.1. The first kappa shape index (κ1) is 16.4.